The molecule has 1 aromatic carbocycles. The SMILES string of the molecule is CCCNC(C)CCCc1cccc(C(F)(F)F)c1. The van der Waals surface area contributed by atoms with E-state index in [1.807, 2.05) is 0 Å². The molecule has 0 saturated heterocycles. The molecule has 0 aliphatic carbocycles. The van der Waals surface area contributed by atoms with Crippen molar-refractivity contribution in [3.63, 3.8) is 0 Å². The van der Waals surface area contributed by atoms with E-state index in [0.29, 0.717) is 12.5 Å². The van der Waals surface area contributed by atoms with Crippen LogP contribution in [0.25, 0.3) is 0 Å². The smallest absolute Gasteiger partial charge is 0.314 e. The number of hydrogen-bond acceptors (Lipinski definition) is 1. The summed E-state index contributed by atoms with van der Waals surface area (Å²) in [6.07, 6.45) is -0.568. The third-order valence-corrected chi connectivity index (χ3v) is 3.10. The molecule has 1 rings (SSSR count). The number of benzene rings is 1. The summed E-state index contributed by atoms with van der Waals surface area (Å²) < 4.78 is 37.6. The third kappa shape index (κ3) is 6.10. The van der Waals surface area contributed by atoms with Crippen molar-refractivity contribution < 1.29 is 13.2 Å². The summed E-state index contributed by atoms with van der Waals surface area (Å²) in [4.78, 5) is 0. The molecular formula is C15H22F3N. The first kappa shape index (κ1) is 16.0. The summed E-state index contributed by atoms with van der Waals surface area (Å²) >= 11 is 0. The monoisotopic (exact) mass is 273 g/mol. The normalized spacial score (nSPS) is 13.5. The fourth-order valence-electron chi connectivity index (χ4n) is 2.01. The lowest BCUT2D eigenvalue weighted by Crippen LogP contribution is -2.26. The van der Waals surface area contributed by atoms with E-state index in [0.717, 1.165) is 37.4 Å². The molecule has 1 N–H and O–H groups in total. The van der Waals surface area contributed by atoms with Gasteiger partial charge < -0.3 is 5.32 Å². The molecule has 0 fully saturated rings. The Balaban J connectivity index is 2.41. The van der Waals surface area contributed by atoms with Crippen molar-refractivity contribution in [3.05, 3.63) is 35.4 Å². The van der Waals surface area contributed by atoms with Crippen molar-refractivity contribution in [1.82, 2.24) is 5.32 Å². The molecule has 1 aromatic rings. The van der Waals surface area contributed by atoms with Gasteiger partial charge in [-0.2, -0.15) is 13.2 Å². The summed E-state index contributed by atoms with van der Waals surface area (Å²) in [5.41, 5.74) is 0.208. The molecule has 1 nitrogen and oxygen atoms in total. The molecular weight excluding hydrogens is 251 g/mol. The van der Waals surface area contributed by atoms with Crippen LogP contribution >= 0.6 is 0 Å². The van der Waals surface area contributed by atoms with Crippen molar-refractivity contribution in [2.24, 2.45) is 0 Å². The standard InChI is InChI=1S/C15H22F3N/c1-3-10-19-12(2)6-4-7-13-8-5-9-14(11-13)15(16,17)18/h5,8-9,11-12,19H,3-4,6-7,10H2,1-2H3. The predicted octanol–water partition coefficient (Wildman–Crippen LogP) is 4.42. The van der Waals surface area contributed by atoms with Gasteiger partial charge in [-0.25, -0.2) is 0 Å². The first-order valence-corrected chi connectivity index (χ1v) is 6.83. The van der Waals surface area contributed by atoms with E-state index in [2.05, 4.69) is 19.2 Å². The van der Waals surface area contributed by atoms with Gasteiger partial charge in [-0.05, 0) is 50.8 Å². The Kier molecular flexibility index (Phi) is 6.35. The molecule has 0 aromatic heterocycles. The van der Waals surface area contributed by atoms with Crippen LogP contribution < -0.4 is 5.32 Å². The van der Waals surface area contributed by atoms with Crippen molar-refractivity contribution in [2.45, 2.75) is 51.7 Å². The molecule has 4 heteroatoms. The summed E-state index contributed by atoms with van der Waals surface area (Å²) in [6, 6.07) is 6.04. The van der Waals surface area contributed by atoms with Gasteiger partial charge >= 0.3 is 6.18 Å². The van der Waals surface area contributed by atoms with Crippen LogP contribution in [0.15, 0.2) is 24.3 Å². The summed E-state index contributed by atoms with van der Waals surface area (Å²) in [6.45, 7) is 5.22. The van der Waals surface area contributed by atoms with Crippen LogP contribution in [0.4, 0.5) is 13.2 Å². The van der Waals surface area contributed by atoms with E-state index in [9.17, 15) is 13.2 Å². The molecule has 0 amide bonds. The van der Waals surface area contributed by atoms with Crippen molar-refractivity contribution in [3.8, 4) is 0 Å². The van der Waals surface area contributed by atoms with Crippen molar-refractivity contribution in [2.75, 3.05) is 6.54 Å². The Hall–Kier alpha value is -1.03. The number of hydrogen-bond donors (Lipinski definition) is 1. The fraction of sp³-hybridized carbons (Fsp3) is 0.600. The molecule has 0 aliphatic heterocycles. The van der Waals surface area contributed by atoms with Gasteiger partial charge in [0.25, 0.3) is 0 Å². The Labute approximate surface area is 113 Å². The molecule has 19 heavy (non-hydrogen) atoms. The van der Waals surface area contributed by atoms with Crippen LogP contribution in [0, 0.1) is 0 Å². The van der Waals surface area contributed by atoms with E-state index in [1.165, 1.54) is 12.1 Å². The summed E-state index contributed by atoms with van der Waals surface area (Å²) in [5.74, 6) is 0. The van der Waals surface area contributed by atoms with Crippen LogP contribution in [0.2, 0.25) is 0 Å². The molecule has 0 saturated carbocycles. The number of halogens is 3. The van der Waals surface area contributed by atoms with Gasteiger partial charge in [0.1, 0.15) is 0 Å². The fourth-order valence-corrected chi connectivity index (χ4v) is 2.01. The molecule has 0 heterocycles. The highest BCUT2D eigenvalue weighted by Crippen LogP contribution is 2.29. The lowest BCUT2D eigenvalue weighted by atomic mass is 10.0. The van der Waals surface area contributed by atoms with Gasteiger partial charge in [0, 0.05) is 6.04 Å². The van der Waals surface area contributed by atoms with Crippen LogP contribution in [-0.4, -0.2) is 12.6 Å². The predicted molar refractivity (Wildman–Crippen MR) is 72.1 cm³/mol. The average Bonchev–Trinajstić information content (AvgIpc) is 2.36. The zero-order chi connectivity index (χ0) is 14.3. The maximum Gasteiger partial charge on any atom is 0.416 e. The highest BCUT2D eigenvalue weighted by atomic mass is 19.4. The quantitative estimate of drug-likeness (QED) is 0.775. The first-order valence-electron chi connectivity index (χ1n) is 6.83. The summed E-state index contributed by atoms with van der Waals surface area (Å²) in [7, 11) is 0. The van der Waals surface area contributed by atoms with Crippen LogP contribution in [0.5, 0.6) is 0 Å². The van der Waals surface area contributed by atoms with E-state index in [-0.39, 0.29) is 0 Å². The molecule has 1 atom stereocenters. The molecule has 0 spiro atoms. The topological polar surface area (TPSA) is 12.0 Å². The van der Waals surface area contributed by atoms with E-state index in [1.54, 1.807) is 6.07 Å². The Morgan fingerprint density at radius 1 is 1.26 bits per heavy atom. The van der Waals surface area contributed by atoms with Crippen LogP contribution in [0.3, 0.4) is 0 Å². The molecule has 1 unspecified atom stereocenters. The lowest BCUT2D eigenvalue weighted by molar-refractivity contribution is -0.137. The average molecular weight is 273 g/mol. The van der Waals surface area contributed by atoms with Gasteiger partial charge in [-0.15, -0.1) is 0 Å². The Morgan fingerprint density at radius 2 is 2.00 bits per heavy atom. The zero-order valence-corrected chi connectivity index (χ0v) is 11.6. The summed E-state index contributed by atoms with van der Waals surface area (Å²) in [5, 5.41) is 3.37. The minimum atomic E-state index is -4.24. The maximum absolute atomic E-state index is 12.5. The van der Waals surface area contributed by atoms with Gasteiger partial charge in [-0.1, -0.05) is 25.1 Å². The van der Waals surface area contributed by atoms with E-state index in [4.69, 9.17) is 0 Å². The van der Waals surface area contributed by atoms with Crippen LogP contribution in [0.1, 0.15) is 44.2 Å². The second kappa shape index (κ2) is 7.53. The van der Waals surface area contributed by atoms with Gasteiger partial charge in [-0.3, -0.25) is 0 Å². The lowest BCUT2D eigenvalue weighted by Gasteiger charge is -2.13. The maximum atomic E-state index is 12.5. The van der Waals surface area contributed by atoms with Gasteiger partial charge in [0.15, 0.2) is 0 Å². The number of alkyl halides is 3. The van der Waals surface area contributed by atoms with E-state index < -0.39 is 11.7 Å². The Bertz CT molecular complexity index is 374. The van der Waals surface area contributed by atoms with Crippen molar-refractivity contribution in [1.29, 1.82) is 0 Å². The second-order valence-electron chi connectivity index (χ2n) is 4.95. The number of nitrogens with one attached hydrogen (secondary N) is 1. The highest BCUT2D eigenvalue weighted by Gasteiger charge is 2.30. The first-order chi connectivity index (χ1) is 8.93. The number of aryl methyl sites for hydroxylation is 1. The molecule has 0 aliphatic rings. The highest BCUT2D eigenvalue weighted by molar-refractivity contribution is 5.25. The molecule has 0 radical (unpaired) electrons. The molecule has 0 bridgehead atoms. The van der Waals surface area contributed by atoms with Crippen molar-refractivity contribution >= 4 is 0 Å². The minimum absolute atomic E-state index is 0.422. The minimum Gasteiger partial charge on any atom is -0.314 e. The number of rotatable bonds is 7. The molecule has 108 valence electrons. The van der Waals surface area contributed by atoms with Gasteiger partial charge in [0.05, 0.1) is 5.56 Å². The van der Waals surface area contributed by atoms with Crippen LogP contribution in [-0.2, 0) is 12.6 Å². The second-order valence-corrected chi connectivity index (χ2v) is 4.95. The van der Waals surface area contributed by atoms with E-state index >= 15 is 0 Å². The largest absolute Gasteiger partial charge is 0.416 e. The third-order valence-electron chi connectivity index (χ3n) is 3.10. The Morgan fingerprint density at radius 3 is 2.63 bits per heavy atom. The zero-order valence-electron chi connectivity index (χ0n) is 11.6. The van der Waals surface area contributed by atoms with Gasteiger partial charge in [0.2, 0.25) is 0 Å².